The molecule has 0 saturated carbocycles. The molecule has 0 aromatic rings. The Morgan fingerprint density at radius 2 is 1.70 bits per heavy atom. The fraction of sp³-hybridized carbons (Fsp3) is 0.667. The lowest BCUT2D eigenvalue weighted by atomic mass is 10.4. The fourth-order valence-corrected chi connectivity index (χ4v) is 0.366. The van der Waals surface area contributed by atoms with E-state index in [0.29, 0.717) is 0 Å². The maximum Gasteiger partial charge on any atom is 0.411 e. The molecule has 4 heteroatoms. The summed E-state index contributed by atoms with van der Waals surface area (Å²) in [5.74, 6) is 0. The number of hydrogen-bond donors (Lipinski definition) is 0. The van der Waals surface area contributed by atoms with E-state index in [-0.39, 0.29) is 11.8 Å². The van der Waals surface area contributed by atoms with Crippen LogP contribution in [-0.4, -0.2) is 25.2 Å². The van der Waals surface area contributed by atoms with Crippen molar-refractivity contribution in [3.8, 4) is 0 Å². The van der Waals surface area contributed by atoms with Crippen LogP contribution in [0.4, 0.5) is 13.2 Å². The molecule has 0 unspecified atom stereocenters. The van der Waals surface area contributed by atoms with Gasteiger partial charge in [-0.3, -0.25) is 0 Å². The Labute approximate surface area is 58.1 Å². The van der Waals surface area contributed by atoms with Crippen LogP contribution < -0.4 is 0 Å². The maximum absolute atomic E-state index is 11.6. The Hall–Kier alpha value is -0.670. The Kier molecular flexibility index (Phi) is 2.75. The van der Waals surface area contributed by atoms with E-state index in [1.165, 1.54) is 11.8 Å². The van der Waals surface area contributed by atoms with E-state index in [0.717, 1.165) is 0 Å². The van der Waals surface area contributed by atoms with Crippen molar-refractivity contribution in [2.45, 2.75) is 13.1 Å². The summed E-state index contributed by atoms with van der Waals surface area (Å²) in [6.07, 6.45) is -3.93. The largest absolute Gasteiger partial charge is 0.411 e. The first-order valence-electron chi connectivity index (χ1n) is 2.76. The van der Waals surface area contributed by atoms with Gasteiger partial charge in [-0.25, -0.2) is 0 Å². The van der Waals surface area contributed by atoms with Crippen molar-refractivity contribution < 1.29 is 13.2 Å². The first kappa shape index (κ1) is 9.33. The predicted molar refractivity (Wildman–Crippen MR) is 33.5 cm³/mol. The Balaban J connectivity index is 4.17. The summed E-state index contributed by atoms with van der Waals surface area (Å²) >= 11 is 0. The van der Waals surface area contributed by atoms with Crippen molar-refractivity contribution in [2.75, 3.05) is 14.1 Å². The van der Waals surface area contributed by atoms with Crippen LogP contribution in [0, 0.1) is 0 Å². The topological polar surface area (TPSA) is 3.24 Å². The molecule has 0 radical (unpaired) electrons. The third-order valence-electron chi connectivity index (χ3n) is 1.08. The van der Waals surface area contributed by atoms with Crippen LogP contribution in [0.3, 0.4) is 0 Å². The molecule has 0 aromatic heterocycles. The maximum atomic E-state index is 11.6. The SMILES string of the molecule is C/C(=C\C(F)(F)F)N(C)C. The lowest BCUT2D eigenvalue weighted by Crippen LogP contribution is -2.12. The Bertz CT molecular complexity index is 134. The summed E-state index contributed by atoms with van der Waals surface area (Å²) in [5, 5.41) is 0. The van der Waals surface area contributed by atoms with Crippen LogP contribution >= 0.6 is 0 Å². The number of halogens is 3. The van der Waals surface area contributed by atoms with Crippen LogP contribution in [-0.2, 0) is 0 Å². The summed E-state index contributed by atoms with van der Waals surface area (Å²) in [5.41, 5.74) is 0.201. The Morgan fingerprint density at radius 3 is 1.80 bits per heavy atom. The van der Waals surface area contributed by atoms with Crippen LogP contribution in [0.15, 0.2) is 11.8 Å². The van der Waals surface area contributed by atoms with Crippen molar-refractivity contribution in [2.24, 2.45) is 0 Å². The molecule has 60 valence electrons. The molecule has 1 nitrogen and oxygen atoms in total. The van der Waals surface area contributed by atoms with E-state index in [1.54, 1.807) is 14.1 Å². The number of alkyl halides is 3. The van der Waals surface area contributed by atoms with Gasteiger partial charge >= 0.3 is 6.18 Å². The Morgan fingerprint density at radius 1 is 1.30 bits per heavy atom. The second-order valence-corrected chi connectivity index (χ2v) is 2.22. The average Bonchev–Trinajstić information content (AvgIpc) is 1.60. The van der Waals surface area contributed by atoms with Crippen molar-refractivity contribution >= 4 is 0 Å². The first-order chi connectivity index (χ1) is 4.33. The zero-order valence-electron chi connectivity index (χ0n) is 6.16. The summed E-state index contributed by atoms with van der Waals surface area (Å²) in [7, 11) is 3.13. The zero-order valence-corrected chi connectivity index (χ0v) is 6.16. The fourth-order valence-electron chi connectivity index (χ4n) is 0.366. The molecular weight excluding hydrogens is 143 g/mol. The van der Waals surface area contributed by atoms with E-state index in [9.17, 15) is 13.2 Å². The lowest BCUT2D eigenvalue weighted by molar-refractivity contribution is -0.0813. The summed E-state index contributed by atoms with van der Waals surface area (Å²) in [6.45, 7) is 1.41. The van der Waals surface area contributed by atoms with Crippen molar-refractivity contribution in [3.63, 3.8) is 0 Å². The van der Waals surface area contributed by atoms with Gasteiger partial charge in [0.25, 0.3) is 0 Å². The van der Waals surface area contributed by atoms with E-state index in [2.05, 4.69) is 0 Å². The van der Waals surface area contributed by atoms with Gasteiger partial charge in [0.2, 0.25) is 0 Å². The second kappa shape index (κ2) is 2.94. The number of rotatable bonds is 1. The molecule has 0 spiro atoms. The van der Waals surface area contributed by atoms with Gasteiger partial charge in [-0.15, -0.1) is 0 Å². The van der Waals surface area contributed by atoms with Crippen LogP contribution in [0.2, 0.25) is 0 Å². The second-order valence-electron chi connectivity index (χ2n) is 2.22. The standard InChI is InChI=1S/C6H10F3N/c1-5(10(2)3)4-6(7,8)9/h4H,1-3H3/b5-4+. The molecule has 0 fully saturated rings. The van der Waals surface area contributed by atoms with E-state index >= 15 is 0 Å². The monoisotopic (exact) mass is 153 g/mol. The molecule has 0 atom stereocenters. The highest BCUT2D eigenvalue weighted by atomic mass is 19.4. The smallest absolute Gasteiger partial charge is 0.381 e. The van der Waals surface area contributed by atoms with Gasteiger partial charge in [0, 0.05) is 25.9 Å². The quantitative estimate of drug-likeness (QED) is 0.557. The predicted octanol–water partition coefficient (Wildman–Crippen LogP) is 2.01. The normalized spacial score (nSPS) is 13.6. The van der Waals surface area contributed by atoms with Gasteiger partial charge in [0.1, 0.15) is 0 Å². The molecule has 0 aromatic carbocycles. The molecule has 10 heavy (non-hydrogen) atoms. The third kappa shape index (κ3) is 4.23. The molecule has 0 N–H and O–H groups in total. The van der Waals surface area contributed by atoms with Gasteiger partial charge in [-0.05, 0) is 6.92 Å². The molecule has 0 aliphatic rings. The van der Waals surface area contributed by atoms with Gasteiger partial charge in [0.05, 0.1) is 0 Å². The average molecular weight is 153 g/mol. The minimum atomic E-state index is -4.20. The van der Waals surface area contributed by atoms with Crippen molar-refractivity contribution in [3.05, 3.63) is 11.8 Å². The van der Waals surface area contributed by atoms with Gasteiger partial charge in [0.15, 0.2) is 0 Å². The molecule has 0 heterocycles. The van der Waals surface area contributed by atoms with Gasteiger partial charge in [-0.2, -0.15) is 13.2 Å². The summed E-state index contributed by atoms with van der Waals surface area (Å²) < 4.78 is 34.7. The van der Waals surface area contributed by atoms with E-state index < -0.39 is 6.18 Å². The van der Waals surface area contributed by atoms with Crippen molar-refractivity contribution in [1.29, 1.82) is 0 Å². The summed E-state index contributed by atoms with van der Waals surface area (Å²) in [6, 6.07) is 0. The number of nitrogens with zero attached hydrogens (tertiary/aromatic N) is 1. The molecule has 0 amide bonds. The molecule has 0 aliphatic heterocycles. The minimum Gasteiger partial charge on any atom is -0.381 e. The molecule has 0 bridgehead atoms. The molecule has 0 rings (SSSR count). The van der Waals surface area contributed by atoms with Crippen molar-refractivity contribution in [1.82, 2.24) is 4.90 Å². The minimum absolute atomic E-state index is 0.201. The zero-order chi connectivity index (χ0) is 8.36. The highest BCUT2D eigenvalue weighted by Gasteiger charge is 2.23. The van der Waals surface area contributed by atoms with Crippen LogP contribution in [0.25, 0.3) is 0 Å². The third-order valence-corrected chi connectivity index (χ3v) is 1.08. The highest BCUT2D eigenvalue weighted by Crippen LogP contribution is 2.18. The first-order valence-corrected chi connectivity index (χ1v) is 2.76. The molecule has 0 saturated heterocycles. The lowest BCUT2D eigenvalue weighted by Gasteiger charge is -2.13. The molecular formula is C6H10F3N. The van der Waals surface area contributed by atoms with E-state index in [1.807, 2.05) is 0 Å². The highest BCUT2D eigenvalue weighted by molar-refractivity contribution is 4.99. The number of hydrogen-bond acceptors (Lipinski definition) is 1. The van der Waals surface area contributed by atoms with Crippen LogP contribution in [0.1, 0.15) is 6.92 Å². The molecule has 0 aliphatic carbocycles. The summed E-state index contributed by atoms with van der Waals surface area (Å²) in [4.78, 5) is 1.41. The van der Waals surface area contributed by atoms with Gasteiger partial charge < -0.3 is 4.90 Å². The number of allylic oxidation sites excluding steroid dienone is 2. The van der Waals surface area contributed by atoms with E-state index in [4.69, 9.17) is 0 Å². The van der Waals surface area contributed by atoms with Gasteiger partial charge in [-0.1, -0.05) is 0 Å². The van der Waals surface area contributed by atoms with Crippen LogP contribution in [0.5, 0.6) is 0 Å².